The summed E-state index contributed by atoms with van der Waals surface area (Å²) in [5.41, 5.74) is 10.9. The van der Waals surface area contributed by atoms with Crippen LogP contribution in [0.3, 0.4) is 0 Å². The minimum Gasteiger partial charge on any atom is -0.383 e. The number of nitrogens with zero attached hydrogens (tertiary/aromatic N) is 2. The number of nitrogens with two attached hydrogens (primary N) is 2. The molecule has 1 aromatic heterocycles. The average Bonchev–Trinajstić information content (AvgIpc) is 2.13. The molecule has 6 heteroatoms. The third kappa shape index (κ3) is 3.38. The van der Waals surface area contributed by atoms with Crippen molar-refractivity contribution >= 4 is 17.7 Å². The Morgan fingerprint density at radius 1 is 1.50 bits per heavy atom. The van der Waals surface area contributed by atoms with Gasteiger partial charge in [-0.05, 0) is 5.41 Å². The molecule has 0 saturated carbocycles. The van der Waals surface area contributed by atoms with Crippen LogP contribution in [0.4, 0.5) is 11.8 Å². The first-order valence-electron chi connectivity index (χ1n) is 4.96. The number of anilines is 2. The Kier molecular flexibility index (Phi) is 3.31. The lowest BCUT2D eigenvalue weighted by atomic mass is 9.97. The fourth-order valence-corrected chi connectivity index (χ4v) is 1.01. The van der Waals surface area contributed by atoms with Crippen LogP contribution in [-0.4, -0.2) is 22.4 Å². The van der Waals surface area contributed by atoms with E-state index in [0.29, 0.717) is 12.5 Å². The summed E-state index contributed by atoms with van der Waals surface area (Å²) in [6, 6.07) is 0. The SMILES string of the molecule is CC(C)(C)CNc1ncc(C(N)=O)c(N)n1. The van der Waals surface area contributed by atoms with E-state index in [1.54, 1.807) is 0 Å². The number of carbonyl (C=O) groups is 1. The number of hydrogen-bond donors (Lipinski definition) is 3. The largest absolute Gasteiger partial charge is 0.383 e. The van der Waals surface area contributed by atoms with Gasteiger partial charge in [-0.25, -0.2) is 4.98 Å². The van der Waals surface area contributed by atoms with Crippen LogP contribution in [0.25, 0.3) is 0 Å². The second-order valence-electron chi connectivity index (χ2n) is 4.77. The van der Waals surface area contributed by atoms with Gasteiger partial charge in [0.15, 0.2) is 0 Å². The summed E-state index contributed by atoms with van der Waals surface area (Å²) in [7, 11) is 0. The van der Waals surface area contributed by atoms with Gasteiger partial charge >= 0.3 is 0 Å². The molecule has 0 aromatic carbocycles. The first-order valence-corrected chi connectivity index (χ1v) is 4.96. The molecule has 0 aliphatic carbocycles. The van der Waals surface area contributed by atoms with Crippen LogP contribution in [0.15, 0.2) is 6.20 Å². The molecule has 0 atom stereocenters. The van der Waals surface area contributed by atoms with Gasteiger partial charge in [0.1, 0.15) is 5.82 Å². The molecule has 5 N–H and O–H groups in total. The summed E-state index contributed by atoms with van der Waals surface area (Å²) in [6.07, 6.45) is 1.33. The Balaban J connectivity index is 2.78. The molecule has 0 spiro atoms. The van der Waals surface area contributed by atoms with Crippen molar-refractivity contribution in [1.82, 2.24) is 9.97 Å². The molecule has 0 saturated heterocycles. The Morgan fingerprint density at radius 2 is 2.12 bits per heavy atom. The molecular weight excluding hydrogens is 206 g/mol. The summed E-state index contributed by atoms with van der Waals surface area (Å²) in [4.78, 5) is 18.8. The zero-order chi connectivity index (χ0) is 12.3. The van der Waals surface area contributed by atoms with Gasteiger partial charge in [-0.1, -0.05) is 20.8 Å². The molecule has 88 valence electrons. The van der Waals surface area contributed by atoms with Crippen molar-refractivity contribution < 1.29 is 4.79 Å². The summed E-state index contributed by atoms with van der Waals surface area (Å²) < 4.78 is 0. The average molecular weight is 223 g/mol. The number of amides is 1. The second kappa shape index (κ2) is 4.34. The van der Waals surface area contributed by atoms with Gasteiger partial charge in [0.05, 0.1) is 5.56 Å². The van der Waals surface area contributed by atoms with Gasteiger partial charge in [-0.2, -0.15) is 4.98 Å². The fraction of sp³-hybridized carbons (Fsp3) is 0.500. The minimum atomic E-state index is -0.625. The quantitative estimate of drug-likeness (QED) is 0.696. The van der Waals surface area contributed by atoms with Gasteiger partial charge in [0.25, 0.3) is 5.91 Å². The van der Waals surface area contributed by atoms with Crippen LogP contribution in [0.1, 0.15) is 31.1 Å². The van der Waals surface area contributed by atoms with Crippen LogP contribution in [0.2, 0.25) is 0 Å². The first kappa shape index (κ1) is 12.2. The molecule has 0 fully saturated rings. The lowest BCUT2D eigenvalue weighted by molar-refractivity contribution is 0.100. The third-order valence-corrected chi connectivity index (χ3v) is 1.86. The van der Waals surface area contributed by atoms with E-state index in [4.69, 9.17) is 11.5 Å². The van der Waals surface area contributed by atoms with Crippen LogP contribution < -0.4 is 16.8 Å². The first-order chi connectivity index (χ1) is 7.29. The monoisotopic (exact) mass is 223 g/mol. The molecule has 1 aromatic rings. The molecule has 0 aliphatic rings. The summed E-state index contributed by atoms with van der Waals surface area (Å²) in [5.74, 6) is -0.129. The predicted molar refractivity (Wildman–Crippen MR) is 62.9 cm³/mol. The number of hydrogen-bond acceptors (Lipinski definition) is 5. The normalized spacial score (nSPS) is 11.2. The zero-order valence-electron chi connectivity index (χ0n) is 9.74. The van der Waals surface area contributed by atoms with Crippen molar-refractivity contribution in [3.05, 3.63) is 11.8 Å². The smallest absolute Gasteiger partial charge is 0.254 e. The standard InChI is InChI=1S/C10H17N5O/c1-10(2,3)5-14-9-13-4-6(8(12)16)7(11)15-9/h4H,5H2,1-3H3,(H2,12,16)(H3,11,13,14,15). The lowest BCUT2D eigenvalue weighted by Crippen LogP contribution is -2.21. The molecule has 0 radical (unpaired) electrons. The number of carbonyl (C=O) groups excluding carboxylic acids is 1. The Morgan fingerprint density at radius 3 is 2.56 bits per heavy atom. The highest BCUT2D eigenvalue weighted by molar-refractivity contribution is 5.96. The minimum absolute atomic E-state index is 0.0962. The van der Waals surface area contributed by atoms with Crippen molar-refractivity contribution in [2.24, 2.45) is 11.1 Å². The van der Waals surface area contributed by atoms with Gasteiger partial charge in [-0.15, -0.1) is 0 Å². The molecule has 0 unspecified atom stereocenters. The lowest BCUT2D eigenvalue weighted by Gasteiger charge is -2.18. The van der Waals surface area contributed by atoms with E-state index in [1.165, 1.54) is 6.20 Å². The van der Waals surface area contributed by atoms with E-state index < -0.39 is 5.91 Å². The Bertz CT molecular complexity index is 397. The molecule has 1 amide bonds. The molecule has 16 heavy (non-hydrogen) atoms. The van der Waals surface area contributed by atoms with E-state index in [-0.39, 0.29) is 16.8 Å². The Hall–Kier alpha value is -1.85. The van der Waals surface area contributed by atoms with Crippen molar-refractivity contribution in [2.75, 3.05) is 17.6 Å². The van der Waals surface area contributed by atoms with Gasteiger partial charge in [0, 0.05) is 12.7 Å². The number of primary amides is 1. The maximum absolute atomic E-state index is 10.9. The summed E-state index contributed by atoms with van der Waals surface area (Å²) >= 11 is 0. The van der Waals surface area contributed by atoms with Crippen LogP contribution in [-0.2, 0) is 0 Å². The summed E-state index contributed by atoms with van der Waals surface area (Å²) in [6.45, 7) is 6.96. The number of nitrogens with one attached hydrogen (secondary N) is 1. The highest BCUT2D eigenvalue weighted by atomic mass is 16.1. The topological polar surface area (TPSA) is 107 Å². The summed E-state index contributed by atoms with van der Waals surface area (Å²) in [5, 5.41) is 3.04. The van der Waals surface area contributed by atoms with Gasteiger partial charge in [0.2, 0.25) is 5.95 Å². The van der Waals surface area contributed by atoms with Crippen LogP contribution >= 0.6 is 0 Å². The van der Waals surface area contributed by atoms with Crippen molar-refractivity contribution in [1.29, 1.82) is 0 Å². The van der Waals surface area contributed by atoms with Crippen molar-refractivity contribution in [3.63, 3.8) is 0 Å². The van der Waals surface area contributed by atoms with Crippen LogP contribution in [0, 0.1) is 5.41 Å². The van der Waals surface area contributed by atoms with E-state index in [2.05, 4.69) is 36.1 Å². The van der Waals surface area contributed by atoms with Crippen molar-refractivity contribution in [3.8, 4) is 0 Å². The van der Waals surface area contributed by atoms with E-state index in [1.807, 2.05) is 0 Å². The number of nitrogen functional groups attached to an aromatic ring is 1. The molecule has 0 bridgehead atoms. The van der Waals surface area contributed by atoms with E-state index >= 15 is 0 Å². The van der Waals surface area contributed by atoms with Gasteiger partial charge in [-0.3, -0.25) is 4.79 Å². The highest BCUT2D eigenvalue weighted by Gasteiger charge is 2.12. The maximum atomic E-state index is 10.9. The predicted octanol–water partition coefficient (Wildman–Crippen LogP) is 0.616. The van der Waals surface area contributed by atoms with Gasteiger partial charge < -0.3 is 16.8 Å². The van der Waals surface area contributed by atoms with Crippen molar-refractivity contribution in [2.45, 2.75) is 20.8 Å². The van der Waals surface area contributed by atoms with Crippen LogP contribution in [0.5, 0.6) is 0 Å². The highest BCUT2D eigenvalue weighted by Crippen LogP contribution is 2.14. The molecule has 6 nitrogen and oxygen atoms in total. The fourth-order valence-electron chi connectivity index (χ4n) is 1.01. The third-order valence-electron chi connectivity index (χ3n) is 1.86. The maximum Gasteiger partial charge on any atom is 0.254 e. The molecule has 1 heterocycles. The molecular formula is C10H17N5O. The number of rotatable bonds is 3. The molecule has 1 rings (SSSR count). The molecule has 0 aliphatic heterocycles. The Labute approximate surface area is 94.5 Å². The second-order valence-corrected chi connectivity index (χ2v) is 4.77. The zero-order valence-corrected chi connectivity index (χ0v) is 9.74. The van der Waals surface area contributed by atoms with E-state index in [0.717, 1.165) is 0 Å². The number of aromatic nitrogens is 2. The van der Waals surface area contributed by atoms with E-state index in [9.17, 15) is 4.79 Å².